The highest BCUT2D eigenvalue weighted by Crippen LogP contribution is 2.22. The van der Waals surface area contributed by atoms with Crippen LogP contribution in [0.5, 0.6) is 0 Å². The second kappa shape index (κ2) is 7.85. The minimum atomic E-state index is -0.223. The van der Waals surface area contributed by atoms with Crippen molar-refractivity contribution >= 4 is 40.6 Å². The van der Waals surface area contributed by atoms with Crippen molar-refractivity contribution in [3.63, 3.8) is 0 Å². The van der Waals surface area contributed by atoms with Crippen LogP contribution in [-0.4, -0.2) is 15.5 Å². The predicted octanol–water partition coefficient (Wildman–Crippen LogP) is 3.98. The summed E-state index contributed by atoms with van der Waals surface area (Å²) in [5.41, 5.74) is 1.34. The van der Waals surface area contributed by atoms with Gasteiger partial charge in [0.2, 0.25) is 5.91 Å². The average molecular weight is 388 g/mol. The lowest BCUT2D eigenvalue weighted by atomic mass is 10.1. The highest BCUT2D eigenvalue weighted by atomic mass is 35.5. The maximum absolute atomic E-state index is 12.6. The number of carbonyl (C=O) groups excluding carboxylic acids is 1. The summed E-state index contributed by atoms with van der Waals surface area (Å²) in [6.45, 7) is 2.08. The summed E-state index contributed by atoms with van der Waals surface area (Å²) in [4.78, 5) is 27.9. The van der Waals surface area contributed by atoms with Crippen LogP contribution in [0.15, 0.2) is 53.3 Å². The molecule has 0 bridgehead atoms. The number of amides is 1. The van der Waals surface area contributed by atoms with Gasteiger partial charge in [-0.05, 0) is 42.9 Å². The van der Waals surface area contributed by atoms with Gasteiger partial charge in [-0.15, -0.1) is 0 Å². The number of para-hydroxylation sites is 1. The molecular formula is C19H18ClN3O2S. The summed E-state index contributed by atoms with van der Waals surface area (Å²) in [7, 11) is 0. The van der Waals surface area contributed by atoms with Crippen molar-refractivity contribution in [1.82, 2.24) is 14.9 Å². The van der Waals surface area contributed by atoms with Crippen LogP contribution in [0.3, 0.4) is 0 Å². The molecule has 5 nitrogen and oxygen atoms in total. The molecule has 0 saturated carbocycles. The molecule has 0 aliphatic carbocycles. The van der Waals surface area contributed by atoms with Crippen molar-refractivity contribution < 1.29 is 4.79 Å². The average Bonchev–Trinajstić information content (AvgIpc) is 2.61. The van der Waals surface area contributed by atoms with Gasteiger partial charge in [-0.3, -0.25) is 14.2 Å². The van der Waals surface area contributed by atoms with Crippen molar-refractivity contribution in [2.75, 3.05) is 0 Å². The predicted molar refractivity (Wildman–Crippen MR) is 106 cm³/mol. The Morgan fingerprint density at radius 1 is 1.23 bits per heavy atom. The molecule has 0 fully saturated rings. The van der Waals surface area contributed by atoms with Gasteiger partial charge in [0.05, 0.1) is 16.9 Å². The van der Waals surface area contributed by atoms with Crippen LogP contribution >= 0.6 is 23.8 Å². The topological polar surface area (TPSA) is 66.9 Å². The number of aromatic amines is 1. The van der Waals surface area contributed by atoms with E-state index in [2.05, 4.69) is 10.3 Å². The fourth-order valence-corrected chi connectivity index (χ4v) is 3.42. The van der Waals surface area contributed by atoms with Gasteiger partial charge in [0.1, 0.15) is 0 Å². The smallest absolute Gasteiger partial charge is 0.262 e. The molecule has 3 rings (SSSR count). The molecule has 0 aliphatic heterocycles. The number of halogens is 1. The van der Waals surface area contributed by atoms with Crippen molar-refractivity contribution in [3.8, 4) is 0 Å². The summed E-state index contributed by atoms with van der Waals surface area (Å²) in [6.07, 6.45) is 0.143. The summed E-state index contributed by atoms with van der Waals surface area (Å²) in [6, 6.07) is 14.3. The maximum Gasteiger partial charge on any atom is 0.262 e. The molecule has 7 heteroatoms. The zero-order valence-electron chi connectivity index (χ0n) is 14.2. The van der Waals surface area contributed by atoms with Crippen LogP contribution in [0.2, 0.25) is 5.02 Å². The van der Waals surface area contributed by atoms with Crippen molar-refractivity contribution in [2.45, 2.75) is 25.9 Å². The Bertz CT molecular complexity index is 1070. The van der Waals surface area contributed by atoms with E-state index in [-0.39, 0.29) is 30.5 Å². The van der Waals surface area contributed by atoms with Crippen LogP contribution in [0.1, 0.15) is 24.9 Å². The molecule has 1 heterocycles. The molecule has 0 saturated heterocycles. The Morgan fingerprint density at radius 2 is 1.92 bits per heavy atom. The van der Waals surface area contributed by atoms with E-state index >= 15 is 0 Å². The van der Waals surface area contributed by atoms with Crippen LogP contribution in [0, 0.1) is 4.77 Å². The van der Waals surface area contributed by atoms with E-state index in [1.165, 1.54) is 4.57 Å². The number of aromatic nitrogens is 2. The highest BCUT2D eigenvalue weighted by molar-refractivity contribution is 7.71. The molecule has 0 radical (unpaired) electrons. The number of hydrogen-bond donors (Lipinski definition) is 2. The van der Waals surface area contributed by atoms with Gasteiger partial charge in [0.15, 0.2) is 4.77 Å². The van der Waals surface area contributed by atoms with E-state index in [0.717, 1.165) is 5.56 Å². The summed E-state index contributed by atoms with van der Waals surface area (Å²) in [5.74, 6) is -0.174. The summed E-state index contributed by atoms with van der Waals surface area (Å²) in [5, 5.41) is 4.05. The molecule has 0 aliphatic rings. The number of hydrogen-bond acceptors (Lipinski definition) is 3. The van der Waals surface area contributed by atoms with E-state index < -0.39 is 0 Å². The zero-order valence-corrected chi connectivity index (χ0v) is 15.7. The summed E-state index contributed by atoms with van der Waals surface area (Å²) >= 11 is 11.4. The number of rotatable bonds is 5. The standard InChI is InChI=1S/C19H18ClN3O2S/c1-12(13-6-2-4-8-15(13)20)21-17(24)10-11-23-18(25)14-7-3-5-9-16(14)22-19(23)26/h2-9,12H,10-11H2,1H3,(H,21,24)(H,22,26). The molecule has 3 aromatic rings. The molecule has 0 spiro atoms. The normalized spacial score (nSPS) is 12.1. The Balaban J connectivity index is 1.72. The first-order valence-corrected chi connectivity index (χ1v) is 9.01. The molecule has 26 heavy (non-hydrogen) atoms. The zero-order chi connectivity index (χ0) is 18.7. The van der Waals surface area contributed by atoms with Gasteiger partial charge in [-0.25, -0.2) is 0 Å². The van der Waals surface area contributed by atoms with Gasteiger partial charge in [0.25, 0.3) is 5.56 Å². The van der Waals surface area contributed by atoms with Crippen LogP contribution < -0.4 is 10.9 Å². The molecule has 1 amide bonds. The van der Waals surface area contributed by atoms with Gasteiger partial charge >= 0.3 is 0 Å². The molecule has 134 valence electrons. The highest BCUT2D eigenvalue weighted by Gasteiger charge is 2.13. The Kier molecular flexibility index (Phi) is 5.54. The number of carbonyl (C=O) groups is 1. The van der Waals surface area contributed by atoms with Crippen molar-refractivity contribution in [1.29, 1.82) is 0 Å². The van der Waals surface area contributed by atoms with Gasteiger partial charge in [-0.2, -0.15) is 0 Å². The molecule has 2 N–H and O–H groups in total. The first-order chi connectivity index (χ1) is 12.5. The molecule has 2 aromatic carbocycles. The Hall–Kier alpha value is -2.44. The SMILES string of the molecule is CC(NC(=O)CCn1c(=S)[nH]c2ccccc2c1=O)c1ccccc1Cl. The van der Waals surface area contributed by atoms with Crippen LogP contribution in [0.4, 0.5) is 0 Å². The van der Waals surface area contributed by atoms with E-state index in [1.54, 1.807) is 24.3 Å². The lowest BCUT2D eigenvalue weighted by Crippen LogP contribution is -2.30. The van der Waals surface area contributed by atoms with Gasteiger partial charge < -0.3 is 10.3 Å². The molecule has 1 unspecified atom stereocenters. The first kappa shape index (κ1) is 18.4. The summed E-state index contributed by atoms with van der Waals surface area (Å²) < 4.78 is 1.72. The van der Waals surface area contributed by atoms with Gasteiger partial charge in [-0.1, -0.05) is 41.9 Å². The van der Waals surface area contributed by atoms with Gasteiger partial charge in [0, 0.05) is 18.0 Å². The Morgan fingerprint density at radius 3 is 2.69 bits per heavy atom. The quantitative estimate of drug-likeness (QED) is 0.651. The van der Waals surface area contributed by atoms with Crippen LogP contribution in [0.25, 0.3) is 10.9 Å². The van der Waals surface area contributed by atoms with E-state index in [0.29, 0.717) is 20.7 Å². The third-order valence-electron chi connectivity index (χ3n) is 4.20. The second-order valence-corrected chi connectivity index (χ2v) is 6.79. The largest absolute Gasteiger partial charge is 0.349 e. The van der Waals surface area contributed by atoms with E-state index in [9.17, 15) is 9.59 Å². The van der Waals surface area contributed by atoms with E-state index in [1.807, 2.05) is 31.2 Å². The van der Waals surface area contributed by atoms with Crippen molar-refractivity contribution in [3.05, 3.63) is 74.2 Å². The lowest BCUT2D eigenvalue weighted by molar-refractivity contribution is -0.121. The van der Waals surface area contributed by atoms with Crippen LogP contribution in [-0.2, 0) is 11.3 Å². The fourth-order valence-electron chi connectivity index (χ4n) is 2.83. The molecule has 1 aromatic heterocycles. The van der Waals surface area contributed by atoms with E-state index in [4.69, 9.17) is 23.8 Å². The third kappa shape index (κ3) is 3.86. The first-order valence-electron chi connectivity index (χ1n) is 8.23. The number of benzene rings is 2. The molecular weight excluding hydrogens is 370 g/mol. The lowest BCUT2D eigenvalue weighted by Gasteiger charge is -2.16. The monoisotopic (exact) mass is 387 g/mol. The number of fused-ring (bicyclic) bond motifs is 1. The fraction of sp³-hybridized carbons (Fsp3) is 0.211. The maximum atomic E-state index is 12.6. The third-order valence-corrected chi connectivity index (χ3v) is 4.87. The minimum Gasteiger partial charge on any atom is -0.349 e. The Labute approximate surface area is 160 Å². The second-order valence-electron chi connectivity index (χ2n) is 5.99. The molecule has 1 atom stereocenters. The number of nitrogens with zero attached hydrogens (tertiary/aromatic N) is 1. The minimum absolute atomic E-state index is 0.143. The number of nitrogens with one attached hydrogen (secondary N) is 2. The van der Waals surface area contributed by atoms with Crippen molar-refractivity contribution in [2.24, 2.45) is 0 Å². The number of H-pyrrole nitrogens is 1.